The van der Waals surface area contributed by atoms with E-state index in [1.165, 1.54) is 12.1 Å². The van der Waals surface area contributed by atoms with E-state index in [0.717, 1.165) is 18.2 Å². The van der Waals surface area contributed by atoms with Gasteiger partial charge in [-0.2, -0.15) is 8.78 Å². The van der Waals surface area contributed by atoms with Gasteiger partial charge in [0.1, 0.15) is 11.6 Å². The zero-order chi connectivity index (χ0) is 18.1. The van der Waals surface area contributed by atoms with Crippen molar-refractivity contribution in [3.8, 4) is 11.5 Å². The van der Waals surface area contributed by atoms with E-state index in [-0.39, 0.29) is 16.0 Å². The molecule has 6 nitrogen and oxygen atoms in total. The van der Waals surface area contributed by atoms with Crippen molar-refractivity contribution in [3.63, 3.8) is 0 Å². The van der Waals surface area contributed by atoms with E-state index in [9.17, 15) is 31.7 Å². The highest BCUT2D eigenvalue weighted by atomic mass is 79.9. The lowest BCUT2D eigenvalue weighted by Gasteiger charge is -2.09. The second kappa shape index (κ2) is 6.77. The third kappa shape index (κ3) is 3.67. The minimum Gasteiger partial charge on any atom is -0.450 e. The van der Waals surface area contributed by atoms with Crippen LogP contribution in [0.1, 0.15) is 0 Å². The van der Waals surface area contributed by atoms with Gasteiger partial charge in [-0.05, 0) is 46.3 Å². The topological polar surface area (TPSA) is 86.5 Å². The predicted octanol–water partition coefficient (Wildman–Crippen LogP) is 4.29. The maximum Gasteiger partial charge on any atom is 0.341 e. The molecule has 0 spiro atoms. The molecular formula is C13H7BrF3NO5S. The first kappa shape index (κ1) is 18.2. The Kier molecular flexibility index (Phi) is 5.13. The van der Waals surface area contributed by atoms with Crippen LogP contribution < -0.4 is 4.74 Å². The smallest absolute Gasteiger partial charge is 0.341 e. The van der Waals surface area contributed by atoms with E-state index in [2.05, 4.69) is 15.9 Å². The highest BCUT2D eigenvalue weighted by molar-refractivity contribution is 9.10. The molecule has 0 unspecified atom stereocenters. The van der Waals surface area contributed by atoms with Crippen LogP contribution in [0.2, 0.25) is 0 Å². The Morgan fingerprint density at radius 3 is 2.38 bits per heavy atom. The summed E-state index contributed by atoms with van der Waals surface area (Å²) in [6.45, 7) is 0. The Hall–Kier alpha value is -2.14. The molecule has 0 atom stereocenters. The standard InChI is InChI=1S/C13H7BrF3NO5S/c14-9-5-7(1-3-10(9)15)23-12-4-2-8(6-11(12)18(19)20)24(21,22)13(16)17/h1-6,13H. The van der Waals surface area contributed by atoms with E-state index in [4.69, 9.17) is 4.74 Å². The Morgan fingerprint density at radius 1 is 1.17 bits per heavy atom. The normalized spacial score (nSPS) is 11.5. The van der Waals surface area contributed by atoms with Crippen molar-refractivity contribution in [3.05, 3.63) is 56.8 Å². The van der Waals surface area contributed by atoms with Crippen LogP contribution in [0.5, 0.6) is 11.5 Å². The number of ether oxygens (including phenoxy) is 1. The SMILES string of the molecule is O=[N+]([O-])c1cc(S(=O)(=O)C(F)F)ccc1Oc1ccc(F)c(Br)c1. The molecule has 0 saturated carbocycles. The predicted molar refractivity (Wildman–Crippen MR) is 80.5 cm³/mol. The zero-order valence-corrected chi connectivity index (χ0v) is 13.9. The van der Waals surface area contributed by atoms with Gasteiger partial charge in [0, 0.05) is 6.07 Å². The molecule has 0 amide bonds. The Balaban J connectivity index is 2.47. The van der Waals surface area contributed by atoms with Gasteiger partial charge in [0.25, 0.3) is 0 Å². The fourth-order valence-electron chi connectivity index (χ4n) is 1.67. The van der Waals surface area contributed by atoms with Crippen LogP contribution in [0, 0.1) is 15.9 Å². The Morgan fingerprint density at radius 2 is 1.83 bits per heavy atom. The van der Waals surface area contributed by atoms with Crippen molar-refractivity contribution in [1.82, 2.24) is 0 Å². The van der Waals surface area contributed by atoms with Gasteiger partial charge < -0.3 is 4.74 Å². The minimum absolute atomic E-state index is 0.0239. The molecule has 24 heavy (non-hydrogen) atoms. The van der Waals surface area contributed by atoms with Crippen LogP contribution in [0.3, 0.4) is 0 Å². The monoisotopic (exact) mass is 425 g/mol. The van der Waals surface area contributed by atoms with Crippen molar-refractivity contribution in [1.29, 1.82) is 0 Å². The molecule has 0 aliphatic rings. The van der Waals surface area contributed by atoms with Gasteiger partial charge in [-0.3, -0.25) is 10.1 Å². The number of nitrogens with zero attached hydrogens (tertiary/aromatic N) is 1. The largest absolute Gasteiger partial charge is 0.450 e. The number of alkyl halides is 2. The van der Waals surface area contributed by atoms with Crippen LogP contribution in [0.4, 0.5) is 18.9 Å². The number of halogens is 4. The second-order valence-electron chi connectivity index (χ2n) is 4.37. The number of benzene rings is 2. The molecule has 2 aromatic rings. The summed E-state index contributed by atoms with van der Waals surface area (Å²) < 4.78 is 66.3. The second-order valence-corrected chi connectivity index (χ2v) is 7.14. The lowest BCUT2D eigenvalue weighted by molar-refractivity contribution is -0.385. The zero-order valence-electron chi connectivity index (χ0n) is 11.5. The average Bonchev–Trinajstić information content (AvgIpc) is 2.50. The molecule has 0 radical (unpaired) electrons. The van der Waals surface area contributed by atoms with Gasteiger partial charge in [0.05, 0.1) is 14.3 Å². The number of nitro benzene ring substituents is 1. The van der Waals surface area contributed by atoms with Crippen molar-refractivity contribution >= 4 is 31.5 Å². The number of hydrogen-bond acceptors (Lipinski definition) is 5. The summed E-state index contributed by atoms with van der Waals surface area (Å²) >= 11 is 2.91. The molecule has 0 aromatic heterocycles. The minimum atomic E-state index is -4.99. The molecule has 2 rings (SSSR count). The summed E-state index contributed by atoms with van der Waals surface area (Å²) in [7, 11) is -4.99. The lowest BCUT2D eigenvalue weighted by Crippen LogP contribution is -2.11. The third-order valence-electron chi connectivity index (χ3n) is 2.81. The maximum atomic E-state index is 13.2. The van der Waals surface area contributed by atoms with Crippen molar-refractivity contribution in [2.45, 2.75) is 10.7 Å². The number of sulfone groups is 1. The molecule has 0 heterocycles. The highest BCUT2D eigenvalue weighted by Crippen LogP contribution is 2.35. The molecule has 0 saturated heterocycles. The van der Waals surface area contributed by atoms with Gasteiger partial charge >= 0.3 is 11.4 Å². The van der Waals surface area contributed by atoms with Gasteiger partial charge in [0.2, 0.25) is 15.6 Å². The van der Waals surface area contributed by atoms with E-state index in [0.29, 0.717) is 6.07 Å². The van der Waals surface area contributed by atoms with Gasteiger partial charge in [-0.1, -0.05) is 0 Å². The molecule has 0 N–H and O–H groups in total. The van der Waals surface area contributed by atoms with Crippen LogP contribution in [-0.2, 0) is 9.84 Å². The maximum absolute atomic E-state index is 13.2. The van der Waals surface area contributed by atoms with E-state index >= 15 is 0 Å². The molecule has 2 aromatic carbocycles. The summed E-state index contributed by atoms with van der Waals surface area (Å²) in [4.78, 5) is 9.18. The number of nitro groups is 1. The quantitative estimate of drug-likeness (QED) is 0.526. The van der Waals surface area contributed by atoms with Gasteiger partial charge in [-0.25, -0.2) is 12.8 Å². The van der Waals surface area contributed by atoms with E-state index in [1.54, 1.807) is 0 Å². The average molecular weight is 426 g/mol. The summed E-state index contributed by atoms with van der Waals surface area (Å²) in [6.07, 6.45) is 0. The summed E-state index contributed by atoms with van der Waals surface area (Å²) in [5, 5.41) is 11.1. The molecule has 0 aliphatic carbocycles. The summed E-state index contributed by atoms with van der Waals surface area (Å²) in [6, 6.07) is 5.56. The summed E-state index contributed by atoms with van der Waals surface area (Å²) in [5.74, 6) is -4.66. The van der Waals surface area contributed by atoms with Crippen LogP contribution in [0.25, 0.3) is 0 Å². The Bertz CT molecular complexity index is 904. The molecule has 0 fully saturated rings. The molecule has 0 aliphatic heterocycles. The van der Waals surface area contributed by atoms with Crippen LogP contribution in [-0.4, -0.2) is 19.1 Å². The van der Waals surface area contributed by atoms with Crippen molar-refractivity contribution in [2.75, 3.05) is 0 Å². The number of hydrogen-bond donors (Lipinski definition) is 0. The van der Waals surface area contributed by atoms with Gasteiger partial charge in [-0.15, -0.1) is 0 Å². The fourth-order valence-corrected chi connectivity index (χ4v) is 2.77. The van der Waals surface area contributed by atoms with Gasteiger partial charge in [0.15, 0.2) is 0 Å². The lowest BCUT2D eigenvalue weighted by atomic mass is 10.3. The third-order valence-corrected chi connectivity index (χ3v) is 4.80. The van der Waals surface area contributed by atoms with Crippen molar-refractivity contribution < 1.29 is 31.2 Å². The molecule has 128 valence electrons. The van der Waals surface area contributed by atoms with Crippen LogP contribution >= 0.6 is 15.9 Å². The molecular weight excluding hydrogens is 419 g/mol. The Labute approximate surface area is 142 Å². The first-order valence-electron chi connectivity index (χ1n) is 6.06. The molecule has 0 bridgehead atoms. The van der Waals surface area contributed by atoms with E-state index in [1.807, 2.05) is 0 Å². The first-order valence-corrected chi connectivity index (χ1v) is 8.40. The van der Waals surface area contributed by atoms with E-state index < -0.39 is 36.9 Å². The molecule has 11 heteroatoms. The highest BCUT2D eigenvalue weighted by Gasteiger charge is 2.30. The fraction of sp³-hybridized carbons (Fsp3) is 0.0769. The van der Waals surface area contributed by atoms with Crippen LogP contribution in [0.15, 0.2) is 45.8 Å². The number of rotatable bonds is 5. The summed E-state index contributed by atoms with van der Waals surface area (Å²) in [5.41, 5.74) is -0.822. The van der Waals surface area contributed by atoms with Crippen molar-refractivity contribution in [2.24, 2.45) is 0 Å². The first-order chi connectivity index (χ1) is 11.1.